The summed E-state index contributed by atoms with van der Waals surface area (Å²) in [5.41, 5.74) is 0.688. The van der Waals surface area contributed by atoms with Crippen LogP contribution in [0.4, 0.5) is 13.2 Å². The average molecular weight is 250 g/mol. The van der Waals surface area contributed by atoms with Crippen molar-refractivity contribution in [3.8, 4) is 11.1 Å². The second kappa shape index (κ2) is 5.04. The smallest absolute Gasteiger partial charge is 0.288 e. The highest BCUT2D eigenvalue weighted by Crippen LogP contribution is 2.23. The van der Waals surface area contributed by atoms with Crippen molar-refractivity contribution in [2.45, 2.75) is 6.43 Å². The van der Waals surface area contributed by atoms with Crippen LogP contribution in [-0.2, 0) is 0 Å². The van der Waals surface area contributed by atoms with Crippen LogP contribution in [0.2, 0.25) is 0 Å². The van der Waals surface area contributed by atoms with Crippen LogP contribution in [-0.4, -0.2) is 12.2 Å². The monoisotopic (exact) mass is 250 g/mol. The van der Waals surface area contributed by atoms with E-state index in [-0.39, 0.29) is 0 Å². The van der Waals surface area contributed by atoms with Crippen LogP contribution in [0.15, 0.2) is 48.5 Å². The molecule has 0 aromatic heterocycles. The summed E-state index contributed by atoms with van der Waals surface area (Å²) in [6, 6.07) is 12.5. The second-order valence-corrected chi connectivity index (χ2v) is 3.73. The fraction of sp³-hybridized carbons (Fsp3) is 0.0714. The lowest BCUT2D eigenvalue weighted by Crippen LogP contribution is -2.12. The maximum absolute atomic E-state index is 13.3. The Morgan fingerprint density at radius 3 is 2.22 bits per heavy atom. The van der Waals surface area contributed by atoms with E-state index in [1.807, 2.05) is 0 Å². The molecule has 0 saturated heterocycles. The molecular formula is C14H9F3O. The van der Waals surface area contributed by atoms with E-state index in [4.69, 9.17) is 0 Å². The highest BCUT2D eigenvalue weighted by molar-refractivity contribution is 5.99. The molecule has 1 nitrogen and oxygen atoms in total. The summed E-state index contributed by atoms with van der Waals surface area (Å²) in [6.07, 6.45) is -3.20. The number of carbonyl (C=O) groups excluding carboxylic acids is 1. The lowest BCUT2D eigenvalue weighted by Gasteiger charge is -2.06. The first-order chi connectivity index (χ1) is 8.59. The fourth-order valence-corrected chi connectivity index (χ4v) is 1.64. The highest BCUT2D eigenvalue weighted by Gasteiger charge is 2.21. The molecule has 0 amide bonds. The zero-order valence-electron chi connectivity index (χ0n) is 9.24. The van der Waals surface area contributed by atoms with Crippen LogP contribution < -0.4 is 0 Å². The first-order valence-corrected chi connectivity index (χ1v) is 5.27. The van der Waals surface area contributed by atoms with Crippen LogP contribution >= 0.6 is 0 Å². The number of hydrogen-bond acceptors (Lipinski definition) is 1. The SMILES string of the molecule is O=C(c1cc(-c2ccccc2)ccc1F)C(F)F. The van der Waals surface area contributed by atoms with Gasteiger partial charge in [0, 0.05) is 0 Å². The average Bonchev–Trinajstić information content (AvgIpc) is 2.39. The summed E-state index contributed by atoms with van der Waals surface area (Å²) in [5.74, 6) is -2.43. The van der Waals surface area contributed by atoms with Gasteiger partial charge >= 0.3 is 6.43 Å². The third-order valence-electron chi connectivity index (χ3n) is 2.54. The van der Waals surface area contributed by atoms with Gasteiger partial charge in [-0.3, -0.25) is 4.79 Å². The molecule has 0 atom stereocenters. The van der Waals surface area contributed by atoms with E-state index in [0.717, 1.165) is 17.7 Å². The largest absolute Gasteiger partial charge is 0.300 e. The van der Waals surface area contributed by atoms with Gasteiger partial charge in [-0.2, -0.15) is 0 Å². The molecule has 0 unspecified atom stereocenters. The van der Waals surface area contributed by atoms with Gasteiger partial charge in [0.2, 0.25) is 5.78 Å². The molecule has 4 heteroatoms. The maximum atomic E-state index is 13.3. The van der Waals surface area contributed by atoms with Gasteiger partial charge in [0.15, 0.2) is 0 Å². The van der Waals surface area contributed by atoms with Gasteiger partial charge in [-0.25, -0.2) is 13.2 Å². The van der Waals surface area contributed by atoms with E-state index >= 15 is 0 Å². The van der Waals surface area contributed by atoms with Gasteiger partial charge < -0.3 is 0 Å². The molecule has 0 aliphatic heterocycles. The number of alkyl halides is 2. The summed E-state index contributed by atoms with van der Waals surface area (Å²) in [7, 11) is 0. The topological polar surface area (TPSA) is 17.1 Å². The predicted octanol–water partition coefficient (Wildman–Crippen LogP) is 3.94. The van der Waals surface area contributed by atoms with Gasteiger partial charge in [0.25, 0.3) is 0 Å². The van der Waals surface area contributed by atoms with E-state index in [1.165, 1.54) is 6.07 Å². The van der Waals surface area contributed by atoms with Crippen molar-refractivity contribution in [3.63, 3.8) is 0 Å². The Morgan fingerprint density at radius 2 is 1.61 bits per heavy atom. The van der Waals surface area contributed by atoms with E-state index in [1.54, 1.807) is 30.3 Å². The van der Waals surface area contributed by atoms with Crippen LogP contribution in [0, 0.1) is 5.82 Å². The number of halogens is 3. The molecule has 2 aromatic carbocycles. The molecule has 92 valence electrons. The number of carbonyl (C=O) groups is 1. The van der Waals surface area contributed by atoms with E-state index < -0.39 is 23.6 Å². The molecule has 0 radical (unpaired) electrons. The van der Waals surface area contributed by atoms with E-state index in [0.29, 0.717) is 5.56 Å². The number of Topliss-reactive ketones (excluding diaryl/α,β-unsaturated/α-hetero) is 1. The Balaban J connectivity index is 2.48. The van der Waals surface area contributed by atoms with Crippen molar-refractivity contribution in [3.05, 3.63) is 59.9 Å². The first-order valence-electron chi connectivity index (χ1n) is 5.27. The van der Waals surface area contributed by atoms with Crippen molar-refractivity contribution in [1.29, 1.82) is 0 Å². The Morgan fingerprint density at radius 1 is 0.944 bits per heavy atom. The van der Waals surface area contributed by atoms with Gasteiger partial charge in [-0.05, 0) is 23.3 Å². The summed E-state index contributed by atoms with van der Waals surface area (Å²) in [6.45, 7) is 0. The van der Waals surface area contributed by atoms with Crippen molar-refractivity contribution < 1.29 is 18.0 Å². The Kier molecular flexibility index (Phi) is 3.46. The van der Waals surface area contributed by atoms with Crippen LogP contribution in [0.1, 0.15) is 10.4 Å². The minimum atomic E-state index is -3.20. The Bertz CT molecular complexity index is 565. The molecule has 18 heavy (non-hydrogen) atoms. The molecule has 0 N–H and O–H groups in total. The molecule has 0 fully saturated rings. The maximum Gasteiger partial charge on any atom is 0.300 e. The van der Waals surface area contributed by atoms with Gasteiger partial charge in [0.05, 0.1) is 5.56 Å². The molecule has 0 spiro atoms. The minimum absolute atomic E-state index is 0.529. The van der Waals surface area contributed by atoms with Crippen molar-refractivity contribution >= 4 is 5.78 Å². The molecule has 0 aliphatic carbocycles. The molecular weight excluding hydrogens is 241 g/mol. The first kappa shape index (κ1) is 12.4. The number of ketones is 1. The normalized spacial score (nSPS) is 10.7. The Hall–Kier alpha value is -2.10. The number of rotatable bonds is 3. The van der Waals surface area contributed by atoms with E-state index in [2.05, 4.69) is 0 Å². The summed E-state index contributed by atoms with van der Waals surface area (Å²) >= 11 is 0. The van der Waals surface area contributed by atoms with Crippen LogP contribution in [0.5, 0.6) is 0 Å². The molecule has 0 bridgehead atoms. The van der Waals surface area contributed by atoms with Gasteiger partial charge in [-0.15, -0.1) is 0 Å². The zero-order chi connectivity index (χ0) is 13.1. The van der Waals surface area contributed by atoms with Crippen LogP contribution in [0.3, 0.4) is 0 Å². The Labute approximate surface area is 102 Å². The van der Waals surface area contributed by atoms with Gasteiger partial charge in [0.1, 0.15) is 5.82 Å². The lowest BCUT2D eigenvalue weighted by atomic mass is 10.0. The predicted molar refractivity (Wildman–Crippen MR) is 62.2 cm³/mol. The standard InChI is InChI=1S/C14H9F3O/c15-12-7-6-10(9-4-2-1-3-5-9)8-11(12)13(18)14(16)17/h1-8,14H. The molecule has 2 rings (SSSR count). The van der Waals surface area contributed by atoms with Crippen molar-refractivity contribution in [1.82, 2.24) is 0 Å². The summed E-state index contributed by atoms with van der Waals surface area (Å²) in [4.78, 5) is 11.2. The summed E-state index contributed by atoms with van der Waals surface area (Å²) in [5, 5.41) is 0. The number of hydrogen-bond donors (Lipinski definition) is 0. The lowest BCUT2D eigenvalue weighted by molar-refractivity contribution is 0.0674. The third kappa shape index (κ3) is 2.42. The van der Waals surface area contributed by atoms with Crippen molar-refractivity contribution in [2.75, 3.05) is 0 Å². The molecule has 0 aliphatic rings. The fourth-order valence-electron chi connectivity index (χ4n) is 1.64. The molecule has 0 saturated carbocycles. The van der Waals surface area contributed by atoms with Crippen LogP contribution in [0.25, 0.3) is 11.1 Å². The second-order valence-electron chi connectivity index (χ2n) is 3.73. The summed E-state index contributed by atoms with van der Waals surface area (Å²) < 4.78 is 38.0. The zero-order valence-corrected chi connectivity index (χ0v) is 9.24. The van der Waals surface area contributed by atoms with Gasteiger partial charge in [-0.1, -0.05) is 36.4 Å². The molecule has 2 aromatic rings. The van der Waals surface area contributed by atoms with Crippen molar-refractivity contribution in [2.24, 2.45) is 0 Å². The van der Waals surface area contributed by atoms with E-state index in [9.17, 15) is 18.0 Å². The minimum Gasteiger partial charge on any atom is -0.288 e. The number of benzene rings is 2. The molecule has 0 heterocycles. The third-order valence-corrected chi connectivity index (χ3v) is 2.54. The quantitative estimate of drug-likeness (QED) is 0.754. The highest BCUT2D eigenvalue weighted by atomic mass is 19.3.